The number of rotatable bonds is 17. The molecule has 23 nitrogen and oxygen atoms in total. The maximum Gasteiger partial charge on any atom is 0.327 e. The molecule has 10 atom stereocenters. The Balaban J connectivity index is 0.00000661. The van der Waals surface area contributed by atoms with Crippen LogP contribution in [-0.4, -0.2) is 117 Å². The van der Waals surface area contributed by atoms with Gasteiger partial charge < -0.3 is 44.5 Å². The van der Waals surface area contributed by atoms with Crippen molar-refractivity contribution in [2.24, 2.45) is 5.92 Å². The number of aromatic nitrogens is 8. The van der Waals surface area contributed by atoms with Gasteiger partial charge in [-0.2, -0.15) is 10.2 Å². The number of carbonyl (C=O) groups is 2. The maximum absolute atomic E-state index is 16.4. The zero-order chi connectivity index (χ0) is 44.3. The lowest BCUT2D eigenvalue weighted by molar-refractivity contribution is -0.118. The van der Waals surface area contributed by atoms with Gasteiger partial charge in [0.15, 0.2) is 60.1 Å². The number of ether oxygens (including phenoxy) is 2. The number of carbonyl (C=O) groups excluding carboxylic acids is 2. The summed E-state index contributed by atoms with van der Waals surface area (Å²) in [5.74, 6) is -1.64. The van der Waals surface area contributed by atoms with E-state index in [1.165, 1.54) is 10.9 Å². The van der Waals surface area contributed by atoms with Crippen molar-refractivity contribution in [2.75, 3.05) is 30.5 Å². The fraction of sp³-hybridized carbons (Fsp3) is 0.441. The molecule has 0 saturated carbocycles. The standard InChI is InChI=1S/C34H37F2N11O11P2S2.H3N/c1-16(2)29(49)44-34-43-28-23(31(51)45-34)41-15-47(28)33-25(20(35)18(11-48)55-33)58-60(62,53-10-6-9-37)54-12-19-24(57-59(52)61)21(36)32(56-19)46-14-40-22-26(38-13-39-27(22)46)42-30(50)17-7-4-3-5-8-17;/h3-5,7-8,13-16,18-21,24-25,32-33,48,59H,6,10-12H2,1-2H3,(H,52,61)(H,38,39,42,50)(H2,43,44,45,49,51);1H3/t18-,19-,20-,21+,24-,25-,32-,33-,60?;/m1./s1. The molecule has 6 heterocycles. The van der Waals surface area contributed by atoms with Crippen molar-refractivity contribution in [2.45, 2.75) is 69.5 Å². The van der Waals surface area contributed by atoms with E-state index in [1.807, 2.05) is 6.07 Å². The Hall–Kier alpha value is -4.65. The first kappa shape index (κ1) is 47.8. The van der Waals surface area contributed by atoms with Gasteiger partial charge in [0.1, 0.15) is 30.7 Å². The van der Waals surface area contributed by atoms with Gasteiger partial charge in [-0.3, -0.25) is 38.3 Å². The first-order valence-corrected chi connectivity index (χ1v) is 23.6. The molecule has 2 amide bonds. The lowest BCUT2D eigenvalue weighted by Crippen LogP contribution is -2.34. The number of anilines is 2. The van der Waals surface area contributed by atoms with E-state index in [0.29, 0.717) is 5.56 Å². The molecule has 5 aromatic rings. The third-order valence-electron chi connectivity index (χ3n) is 9.43. The van der Waals surface area contributed by atoms with E-state index in [0.717, 1.165) is 17.2 Å². The van der Waals surface area contributed by atoms with Crippen molar-refractivity contribution in [3.05, 3.63) is 65.2 Å². The highest BCUT2D eigenvalue weighted by Gasteiger charge is 2.52. The number of nitrogens with one attached hydrogen (secondary N) is 3. The molecule has 0 radical (unpaired) electrons. The van der Waals surface area contributed by atoms with E-state index in [9.17, 15) is 29.6 Å². The first-order chi connectivity index (χ1) is 29.7. The number of alkyl halides is 2. The highest BCUT2D eigenvalue weighted by molar-refractivity contribution is 8.07. The molecule has 2 aliphatic heterocycles. The summed E-state index contributed by atoms with van der Waals surface area (Å²) in [6.07, 6.45) is -10.2. The molecule has 1 aromatic carbocycles. The second kappa shape index (κ2) is 20.5. The number of nitriles is 1. The third-order valence-corrected chi connectivity index (χ3v) is 12.6. The van der Waals surface area contributed by atoms with Crippen LogP contribution in [0.2, 0.25) is 0 Å². The lowest BCUT2D eigenvalue weighted by Gasteiger charge is -2.29. The molecule has 29 heteroatoms. The highest BCUT2D eigenvalue weighted by Crippen LogP contribution is 2.55. The lowest BCUT2D eigenvalue weighted by atomic mass is 10.1. The molecule has 7 rings (SSSR count). The maximum atomic E-state index is 16.4. The number of hydrogen-bond donors (Lipinski definition) is 6. The second-order valence-corrected chi connectivity index (χ2v) is 18.6. The second-order valence-electron chi connectivity index (χ2n) is 13.9. The van der Waals surface area contributed by atoms with Gasteiger partial charge in [0.25, 0.3) is 11.5 Å². The number of fused-ring (bicyclic) bond motifs is 2. The molecule has 0 spiro atoms. The van der Waals surface area contributed by atoms with Gasteiger partial charge in [-0.25, -0.2) is 28.7 Å². The topological polar surface area (TPSA) is 320 Å². The molecular weight excluding hydrogens is 917 g/mol. The summed E-state index contributed by atoms with van der Waals surface area (Å²) >= 11 is 10.6. The largest absolute Gasteiger partial charge is 0.394 e. The van der Waals surface area contributed by atoms with E-state index in [-0.39, 0.29) is 53.3 Å². The van der Waals surface area contributed by atoms with Crippen LogP contribution < -0.4 is 22.3 Å². The third kappa shape index (κ3) is 10.3. The average Bonchev–Trinajstić information content (AvgIpc) is 4.02. The number of halogens is 2. The number of benzene rings is 1. The molecule has 2 saturated heterocycles. The molecule has 338 valence electrons. The number of nitrogens with zero attached hydrogens (tertiary/aromatic N) is 8. The van der Waals surface area contributed by atoms with Crippen LogP contribution in [0, 0.1) is 17.2 Å². The van der Waals surface area contributed by atoms with Crippen LogP contribution in [0.15, 0.2) is 54.1 Å². The molecule has 0 aliphatic carbocycles. The minimum absolute atomic E-state index is 0. The molecule has 4 aromatic heterocycles. The van der Waals surface area contributed by atoms with Gasteiger partial charge >= 0.3 is 6.72 Å². The quantitative estimate of drug-likeness (QED) is 0.0576. The molecule has 2 aliphatic rings. The van der Waals surface area contributed by atoms with Gasteiger partial charge in [-0.05, 0) is 35.7 Å². The van der Waals surface area contributed by atoms with Crippen molar-refractivity contribution >= 4 is 83.4 Å². The summed E-state index contributed by atoms with van der Waals surface area (Å²) in [5, 5.41) is 24.4. The Labute approximate surface area is 365 Å². The first-order valence-electron chi connectivity index (χ1n) is 18.6. The summed E-state index contributed by atoms with van der Waals surface area (Å²) in [6, 6.07) is 10.2. The van der Waals surface area contributed by atoms with Crippen LogP contribution >= 0.6 is 13.9 Å². The Kier molecular flexibility index (Phi) is 15.5. The zero-order valence-electron chi connectivity index (χ0n) is 33.0. The summed E-state index contributed by atoms with van der Waals surface area (Å²) in [4.78, 5) is 71.7. The average molecular weight is 957 g/mol. The Bertz CT molecular complexity index is 2620. The van der Waals surface area contributed by atoms with Crippen LogP contribution in [0.3, 0.4) is 0 Å². The van der Waals surface area contributed by atoms with Crippen LogP contribution in [0.5, 0.6) is 0 Å². The number of aliphatic hydroxyl groups excluding tert-OH is 1. The van der Waals surface area contributed by atoms with Crippen molar-refractivity contribution < 1.29 is 55.9 Å². The number of aromatic amines is 1. The molecule has 63 heavy (non-hydrogen) atoms. The van der Waals surface area contributed by atoms with Crippen molar-refractivity contribution in [1.82, 2.24) is 45.2 Å². The Morgan fingerprint density at radius 1 is 1.02 bits per heavy atom. The van der Waals surface area contributed by atoms with Gasteiger partial charge in [0, 0.05) is 11.5 Å². The monoisotopic (exact) mass is 956 g/mol. The molecular formula is C34H40F2N12O11P2S2. The van der Waals surface area contributed by atoms with Crippen LogP contribution in [0.25, 0.3) is 22.3 Å². The summed E-state index contributed by atoms with van der Waals surface area (Å²) in [7, 11) is -2.99. The predicted molar refractivity (Wildman–Crippen MR) is 225 cm³/mol. The van der Waals surface area contributed by atoms with E-state index in [1.54, 1.807) is 44.2 Å². The van der Waals surface area contributed by atoms with Gasteiger partial charge in [0.05, 0.1) is 45.0 Å². The van der Waals surface area contributed by atoms with Gasteiger partial charge in [-0.15, -0.1) is 0 Å². The van der Waals surface area contributed by atoms with Crippen LogP contribution in [0.1, 0.15) is 43.1 Å². The number of amides is 2. The van der Waals surface area contributed by atoms with E-state index >= 15 is 8.78 Å². The molecule has 8 N–H and O–H groups in total. The van der Waals surface area contributed by atoms with Crippen LogP contribution in [0.4, 0.5) is 20.5 Å². The molecule has 2 fully saturated rings. The zero-order valence-corrected chi connectivity index (χ0v) is 36.5. The van der Waals surface area contributed by atoms with Crippen molar-refractivity contribution in [3.63, 3.8) is 0 Å². The fourth-order valence-electron chi connectivity index (χ4n) is 6.43. The van der Waals surface area contributed by atoms with Crippen LogP contribution in [-0.2, 0) is 56.0 Å². The number of hydrogen-bond acceptors (Lipinski definition) is 19. The smallest absolute Gasteiger partial charge is 0.327 e. The number of aliphatic hydroxyl groups is 1. The number of H-pyrrole nitrogens is 1. The predicted octanol–water partition coefficient (Wildman–Crippen LogP) is 2.87. The Morgan fingerprint density at radius 3 is 2.40 bits per heavy atom. The van der Waals surface area contributed by atoms with E-state index in [4.69, 9.17) is 51.2 Å². The summed E-state index contributed by atoms with van der Waals surface area (Å²) < 4.78 is 70.2. The van der Waals surface area contributed by atoms with Crippen molar-refractivity contribution in [1.29, 1.82) is 5.26 Å². The SMILES string of the molecule is CC(C)C(=O)Nc1nc2c(ncn2[C@@H]2O[C@H](CO)[C@@H](F)[C@H]2OP(=S)(OCCC#N)OC[C@H]2O[C@@H](n3cnc4c(NC(=O)c5ccccc5)ncnc43)[C@@H](F)[C@@H]2O[PH](O)=S)c(=O)[nH]1.N. The fourth-order valence-corrected chi connectivity index (χ4v) is 9.35. The number of imidazole rings is 2. The summed E-state index contributed by atoms with van der Waals surface area (Å²) in [6.45, 7) is -2.85. The summed E-state index contributed by atoms with van der Waals surface area (Å²) in [5.41, 5.74) is -0.640. The molecule has 0 bridgehead atoms. The van der Waals surface area contributed by atoms with Gasteiger partial charge in [0.2, 0.25) is 11.9 Å². The van der Waals surface area contributed by atoms with Crippen molar-refractivity contribution in [3.8, 4) is 6.07 Å². The normalized spacial score (nSPS) is 24.8. The van der Waals surface area contributed by atoms with E-state index in [2.05, 4.69) is 40.5 Å². The molecule has 2 unspecified atom stereocenters. The highest BCUT2D eigenvalue weighted by atomic mass is 32.5. The van der Waals surface area contributed by atoms with E-state index < -0.39 is 99.6 Å². The van der Waals surface area contributed by atoms with Gasteiger partial charge in [-0.1, -0.05) is 32.0 Å². The Morgan fingerprint density at radius 2 is 1.71 bits per heavy atom. The minimum Gasteiger partial charge on any atom is -0.394 e. The minimum atomic E-state index is -4.24.